The zero-order valence-corrected chi connectivity index (χ0v) is 14.4. The van der Waals surface area contributed by atoms with Crippen LogP contribution in [0.4, 0.5) is 0 Å². The van der Waals surface area contributed by atoms with Gasteiger partial charge in [-0.05, 0) is 35.7 Å². The van der Waals surface area contributed by atoms with Gasteiger partial charge in [0.05, 0.1) is 11.9 Å². The predicted molar refractivity (Wildman–Crippen MR) is 99.9 cm³/mol. The highest BCUT2D eigenvalue weighted by atomic mass is 35.5. The number of aromatic nitrogens is 2. The minimum atomic E-state index is -0.353. The van der Waals surface area contributed by atoms with Gasteiger partial charge in [0.2, 0.25) is 0 Å². The van der Waals surface area contributed by atoms with Gasteiger partial charge in [0, 0.05) is 10.6 Å². The average Bonchev–Trinajstić information content (AvgIpc) is 3.13. The van der Waals surface area contributed by atoms with E-state index >= 15 is 0 Å². The Bertz CT molecular complexity index is 883. The lowest BCUT2D eigenvalue weighted by Crippen LogP contribution is -2.17. The SMILES string of the molecule is CCc1ccc(-c2cc(C(=O)NN=Cc3ccc(Cl)cc3)[nH]n2)cc1. The van der Waals surface area contributed by atoms with E-state index in [1.54, 1.807) is 24.4 Å². The average molecular weight is 353 g/mol. The van der Waals surface area contributed by atoms with E-state index in [-0.39, 0.29) is 5.91 Å². The van der Waals surface area contributed by atoms with Crippen LogP contribution in [-0.4, -0.2) is 22.3 Å². The van der Waals surface area contributed by atoms with Gasteiger partial charge in [-0.25, -0.2) is 5.43 Å². The number of amides is 1. The maximum Gasteiger partial charge on any atom is 0.289 e. The molecule has 3 rings (SSSR count). The molecule has 2 aromatic carbocycles. The lowest BCUT2D eigenvalue weighted by Gasteiger charge is -1.98. The quantitative estimate of drug-likeness (QED) is 0.537. The number of nitrogens with zero attached hydrogens (tertiary/aromatic N) is 2. The molecule has 0 aliphatic heterocycles. The highest BCUT2D eigenvalue weighted by Gasteiger charge is 2.10. The largest absolute Gasteiger partial charge is 0.289 e. The lowest BCUT2D eigenvalue weighted by atomic mass is 10.1. The topological polar surface area (TPSA) is 70.1 Å². The van der Waals surface area contributed by atoms with Crippen molar-refractivity contribution >= 4 is 23.7 Å². The molecule has 1 aromatic heterocycles. The van der Waals surface area contributed by atoms with E-state index in [0.717, 1.165) is 23.2 Å². The van der Waals surface area contributed by atoms with Crippen LogP contribution >= 0.6 is 11.6 Å². The summed E-state index contributed by atoms with van der Waals surface area (Å²) in [4.78, 5) is 12.1. The van der Waals surface area contributed by atoms with Crippen LogP contribution in [0.2, 0.25) is 5.02 Å². The van der Waals surface area contributed by atoms with E-state index in [1.165, 1.54) is 5.56 Å². The summed E-state index contributed by atoms with van der Waals surface area (Å²) in [7, 11) is 0. The van der Waals surface area contributed by atoms with E-state index < -0.39 is 0 Å². The molecule has 3 aromatic rings. The van der Waals surface area contributed by atoms with Crippen molar-refractivity contribution in [1.82, 2.24) is 15.6 Å². The molecule has 0 aliphatic carbocycles. The number of hydrazone groups is 1. The predicted octanol–water partition coefficient (Wildman–Crippen LogP) is 4.06. The van der Waals surface area contributed by atoms with Crippen molar-refractivity contribution in [1.29, 1.82) is 0 Å². The summed E-state index contributed by atoms with van der Waals surface area (Å²) in [5, 5.41) is 11.5. The van der Waals surface area contributed by atoms with Crippen molar-refractivity contribution in [2.75, 3.05) is 0 Å². The number of aryl methyl sites for hydroxylation is 1. The number of halogens is 1. The Kier molecular flexibility index (Phi) is 5.26. The van der Waals surface area contributed by atoms with E-state index in [0.29, 0.717) is 10.7 Å². The van der Waals surface area contributed by atoms with Crippen LogP contribution in [0.15, 0.2) is 59.7 Å². The summed E-state index contributed by atoms with van der Waals surface area (Å²) in [6.07, 6.45) is 2.54. The molecule has 0 aliphatic rings. The molecule has 1 amide bonds. The van der Waals surface area contributed by atoms with Crippen LogP contribution in [0.1, 0.15) is 28.5 Å². The summed E-state index contributed by atoms with van der Waals surface area (Å²) >= 11 is 5.82. The van der Waals surface area contributed by atoms with E-state index in [4.69, 9.17) is 11.6 Å². The first-order valence-electron chi connectivity index (χ1n) is 7.89. The highest BCUT2D eigenvalue weighted by Crippen LogP contribution is 2.18. The van der Waals surface area contributed by atoms with Crippen LogP contribution in [0.3, 0.4) is 0 Å². The van der Waals surface area contributed by atoms with Gasteiger partial charge in [0.25, 0.3) is 5.91 Å². The van der Waals surface area contributed by atoms with Crippen LogP contribution in [-0.2, 0) is 6.42 Å². The molecule has 0 saturated carbocycles. The third-order valence-corrected chi connectivity index (χ3v) is 3.98. The van der Waals surface area contributed by atoms with Gasteiger partial charge >= 0.3 is 0 Å². The zero-order valence-electron chi connectivity index (χ0n) is 13.7. The Balaban J connectivity index is 1.64. The number of aromatic amines is 1. The number of nitrogens with one attached hydrogen (secondary N) is 2. The minimum absolute atomic E-state index is 0.350. The molecule has 2 N–H and O–H groups in total. The number of hydrogen-bond acceptors (Lipinski definition) is 3. The van der Waals surface area contributed by atoms with Crippen LogP contribution in [0.5, 0.6) is 0 Å². The maximum atomic E-state index is 12.1. The van der Waals surface area contributed by atoms with Crippen LogP contribution < -0.4 is 5.43 Å². The number of benzene rings is 2. The Hall–Kier alpha value is -2.92. The van der Waals surface area contributed by atoms with Gasteiger partial charge in [-0.1, -0.05) is 54.9 Å². The fourth-order valence-electron chi connectivity index (χ4n) is 2.27. The van der Waals surface area contributed by atoms with Crippen molar-refractivity contribution in [2.24, 2.45) is 5.10 Å². The number of carbonyl (C=O) groups excluding carboxylic acids is 1. The number of rotatable bonds is 5. The van der Waals surface area contributed by atoms with Crippen molar-refractivity contribution < 1.29 is 4.79 Å². The second kappa shape index (κ2) is 7.77. The van der Waals surface area contributed by atoms with Crippen LogP contribution in [0, 0.1) is 0 Å². The summed E-state index contributed by atoms with van der Waals surface area (Å²) < 4.78 is 0. The fraction of sp³-hybridized carbons (Fsp3) is 0.105. The third kappa shape index (κ3) is 4.33. The first-order valence-corrected chi connectivity index (χ1v) is 8.27. The van der Waals surface area contributed by atoms with Gasteiger partial charge < -0.3 is 0 Å². The number of H-pyrrole nitrogens is 1. The Labute approximate surface area is 150 Å². The van der Waals surface area contributed by atoms with Crippen molar-refractivity contribution in [3.05, 3.63) is 76.4 Å². The molecule has 1 heterocycles. The fourth-order valence-corrected chi connectivity index (χ4v) is 2.40. The molecule has 0 radical (unpaired) electrons. The molecule has 0 unspecified atom stereocenters. The second-order valence-corrected chi connectivity index (χ2v) is 5.90. The summed E-state index contributed by atoms with van der Waals surface area (Å²) in [6, 6.07) is 16.9. The van der Waals surface area contributed by atoms with E-state index in [2.05, 4.69) is 39.8 Å². The molecule has 5 nitrogen and oxygen atoms in total. The first kappa shape index (κ1) is 16.9. The van der Waals surface area contributed by atoms with Gasteiger partial charge in [-0.2, -0.15) is 10.2 Å². The van der Waals surface area contributed by atoms with Crippen molar-refractivity contribution in [3.8, 4) is 11.3 Å². The van der Waals surface area contributed by atoms with Gasteiger partial charge in [-0.3, -0.25) is 9.89 Å². The highest BCUT2D eigenvalue weighted by molar-refractivity contribution is 6.30. The monoisotopic (exact) mass is 352 g/mol. The van der Waals surface area contributed by atoms with Gasteiger partial charge in [0.1, 0.15) is 5.69 Å². The smallest absolute Gasteiger partial charge is 0.272 e. The maximum absolute atomic E-state index is 12.1. The van der Waals surface area contributed by atoms with Crippen LogP contribution in [0.25, 0.3) is 11.3 Å². The molecule has 0 atom stereocenters. The molecule has 6 heteroatoms. The molecule has 126 valence electrons. The normalized spacial score (nSPS) is 11.0. The zero-order chi connectivity index (χ0) is 17.6. The number of hydrogen-bond donors (Lipinski definition) is 2. The molecule has 25 heavy (non-hydrogen) atoms. The second-order valence-electron chi connectivity index (χ2n) is 5.47. The van der Waals surface area contributed by atoms with Gasteiger partial charge in [0.15, 0.2) is 0 Å². The minimum Gasteiger partial charge on any atom is -0.272 e. The standard InChI is InChI=1S/C19H17ClN4O/c1-2-13-3-7-15(8-4-13)17-11-18(23-22-17)19(25)24-21-12-14-5-9-16(20)10-6-14/h3-12H,2H2,1H3,(H,22,23)(H,24,25). The summed E-state index contributed by atoms with van der Waals surface area (Å²) in [5.41, 5.74) is 6.59. The molecule has 0 spiro atoms. The Morgan fingerprint density at radius 1 is 1.20 bits per heavy atom. The summed E-state index contributed by atoms with van der Waals surface area (Å²) in [5.74, 6) is -0.353. The van der Waals surface area contributed by atoms with Gasteiger partial charge in [-0.15, -0.1) is 0 Å². The lowest BCUT2D eigenvalue weighted by molar-refractivity contribution is 0.0950. The molecular weight excluding hydrogens is 336 g/mol. The molecule has 0 fully saturated rings. The summed E-state index contributed by atoms with van der Waals surface area (Å²) in [6.45, 7) is 2.11. The number of carbonyl (C=O) groups is 1. The van der Waals surface area contributed by atoms with E-state index in [9.17, 15) is 4.79 Å². The Morgan fingerprint density at radius 2 is 1.92 bits per heavy atom. The van der Waals surface area contributed by atoms with Crippen molar-refractivity contribution in [2.45, 2.75) is 13.3 Å². The molecular formula is C19H17ClN4O. The third-order valence-electron chi connectivity index (χ3n) is 3.73. The molecule has 0 bridgehead atoms. The molecule has 0 saturated heterocycles. The van der Waals surface area contributed by atoms with Crippen molar-refractivity contribution in [3.63, 3.8) is 0 Å². The Morgan fingerprint density at radius 3 is 2.60 bits per heavy atom. The first-order chi connectivity index (χ1) is 12.2. The van der Waals surface area contributed by atoms with E-state index in [1.807, 2.05) is 24.3 Å².